The SMILES string of the molecule is C=CCc1cc(/C=C2/C(=O)N(c3c(F)c(F)c(F)c(F)c3F)N=C2C)cc(OCC)c1OCc1ccc(Cl)cc1Cl. The van der Waals surface area contributed by atoms with Gasteiger partial charge in [0.2, 0.25) is 5.82 Å². The largest absolute Gasteiger partial charge is 0.490 e. The van der Waals surface area contributed by atoms with Crippen molar-refractivity contribution in [1.82, 2.24) is 0 Å². The summed E-state index contributed by atoms with van der Waals surface area (Å²) in [4.78, 5) is 13.1. The zero-order chi connectivity index (χ0) is 30.0. The van der Waals surface area contributed by atoms with Crippen molar-refractivity contribution in [2.45, 2.75) is 26.9 Å². The van der Waals surface area contributed by atoms with Gasteiger partial charge >= 0.3 is 0 Å². The van der Waals surface area contributed by atoms with Crippen LogP contribution in [0.25, 0.3) is 6.08 Å². The average Bonchev–Trinajstić information content (AvgIpc) is 3.19. The maximum absolute atomic E-state index is 14.4. The fourth-order valence-electron chi connectivity index (χ4n) is 4.07. The minimum atomic E-state index is -2.34. The molecule has 0 aromatic heterocycles. The fraction of sp³-hybridized carbons (Fsp3) is 0.172. The fourth-order valence-corrected chi connectivity index (χ4v) is 4.53. The molecule has 1 aliphatic heterocycles. The first-order chi connectivity index (χ1) is 19.5. The van der Waals surface area contributed by atoms with E-state index in [9.17, 15) is 26.7 Å². The van der Waals surface area contributed by atoms with Crippen molar-refractivity contribution >= 4 is 46.6 Å². The lowest BCUT2D eigenvalue weighted by Gasteiger charge is -2.18. The van der Waals surface area contributed by atoms with Crippen LogP contribution >= 0.6 is 23.2 Å². The van der Waals surface area contributed by atoms with Crippen molar-refractivity contribution in [3.05, 3.63) is 104 Å². The van der Waals surface area contributed by atoms with E-state index in [1.807, 2.05) is 0 Å². The van der Waals surface area contributed by atoms with Gasteiger partial charge < -0.3 is 9.47 Å². The molecule has 0 radical (unpaired) electrons. The minimum Gasteiger partial charge on any atom is -0.490 e. The summed E-state index contributed by atoms with van der Waals surface area (Å²) in [7, 11) is 0. The summed E-state index contributed by atoms with van der Waals surface area (Å²) >= 11 is 12.2. The third kappa shape index (κ3) is 5.94. The number of rotatable bonds is 9. The van der Waals surface area contributed by atoms with Crippen molar-refractivity contribution in [2.24, 2.45) is 5.10 Å². The number of ether oxygens (including phenoxy) is 2. The van der Waals surface area contributed by atoms with Crippen LogP contribution in [0, 0.1) is 29.1 Å². The molecular formula is C29H21Cl2F5N2O3. The minimum absolute atomic E-state index is 0.0140. The van der Waals surface area contributed by atoms with Crippen molar-refractivity contribution in [2.75, 3.05) is 11.6 Å². The van der Waals surface area contributed by atoms with Gasteiger partial charge in [-0.05, 0) is 56.2 Å². The summed E-state index contributed by atoms with van der Waals surface area (Å²) in [6.07, 6.45) is 3.32. The molecule has 0 spiro atoms. The van der Waals surface area contributed by atoms with Crippen LogP contribution in [0.15, 0.2) is 53.7 Å². The standard InChI is InChI=1S/C29H21Cl2F5N2O3/c1-4-6-16-9-15(11-21(40-5-2)28(16)41-13-17-7-8-18(30)12-20(17)31)10-19-14(3)37-38(29(19)39)27-25(35)23(33)22(32)24(34)26(27)36/h4,7-12H,1,5-6,13H2,2-3H3/b19-10+. The molecule has 1 amide bonds. The molecule has 0 bridgehead atoms. The molecular weight excluding hydrogens is 590 g/mol. The quantitative estimate of drug-likeness (QED) is 0.0806. The second-order valence-electron chi connectivity index (χ2n) is 8.74. The highest BCUT2D eigenvalue weighted by Gasteiger charge is 2.37. The Kier molecular flexibility index (Phi) is 9.04. The zero-order valence-electron chi connectivity index (χ0n) is 21.6. The van der Waals surface area contributed by atoms with Crippen LogP contribution in [0.5, 0.6) is 11.5 Å². The van der Waals surface area contributed by atoms with Gasteiger partial charge in [0.25, 0.3) is 5.91 Å². The Morgan fingerprint density at radius 1 is 0.951 bits per heavy atom. The molecule has 0 aliphatic carbocycles. The number of hydrogen-bond donors (Lipinski definition) is 0. The summed E-state index contributed by atoms with van der Waals surface area (Å²) in [6.45, 7) is 7.23. The molecule has 0 unspecified atom stereocenters. The van der Waals surface area contributed by atoms with E-state index >= 15 is 0 Å². The predicted octanol–water partition coefficient (Wildman–Crippen LogP) is 8.20. The van der Waals surface area contributed by atoms with Crippen molar-refractivity contribution < 1.29 is 36.2 Å². The molecule has 1 heterocycles. The smallest absolute Gasteiger partial charge is 0.280 e. The van der Waals surface area contributed by atoms with Gasteiger partial charge in [0, 0.05) is 21.2 Å². The van der Waals surface area contributed by atoms with Gasteiger partial charge in [0.05, 0.1) is 17.9 Å². The highest BCUT2D eigenvalue weighted by molar-refractivity contribution is 6.35. The molecule has 0 fully saturated rings. The number of amides is 1. The normalized spacial score (nSPS) is 14.1. The Labute approximate surface area is 242 Å². The second-order valence-corrected chi connectivity index (χ2v) is 9.58. The number of benzene rings is 3. The molecule has 12 heteroatoms. The molecule has 214 valence electrons. The van der Waals surface area contributed by atoms with Crippen molar-refractivity contribution in [3.8, 4) is 11.5 Å². The molecule has 1 aliphatic rings. The van der Waals surface area contributed by atoms with Crippen LogP contribution in [0.4, 0.5) is 27.6 Å². The van der Waals surface area contributed by atoms with Gasteiger partial charge in [-0.15, -0.1) is 6.58 Å². The number of anilines is 1. The molecule has 0 N–H and O–H groups in total. The molecule has 0 atom stereocenters. The first-order valence-corrected chi connectivity index (χ1v) is 12.8. The van der Waals surface area contributed by atoms with E-state index in [-0.39, 0.29) is 29.5 Å². The summed E-state index contributed by atoms with van der Waals surface area (Å²) in [5.41, 5.74) is 0.0910. The predicted molar refractivity (Wildman–Crippen MR) is 147 cm³/mol. The van der Waals surface area contributed by atoms with Gasteiger partial charge in [-0.1, -0.05) is 35.3 Å². The number of allylic oxidation sites excluding steroid dienone is 1. The van der Waals surface area contributed by atoms with Crippen LogP contribution in [0.3, 0.4) is 0 Å². The number of hydrogen-bond acceptors (Lipinski definition) is 4. The molecule has 4 rings (SSSR count). The van der Waals surface area contributed by atoms with Gasteiger partial charge in [-0.3, -0.25) is 4.79 Å². The summed E-state index contributed by atoms with van der Waals surface area (Å²) in [6, 6.07) is 8.24. The second kappa shape index (κ2) is 12.3. The Bertz CT molecular complexity index is 1600. The van der Waals surface area contributed by atoms with E-state index in [1.165, 1.54) is 13.0 Å². The third-order valence-electron chi connectivity index (χ3n) is 5.98. The van der Waals surface area contributed by atoms with E-state index in [4.69, 9.17) is 32.7 Å². The van der Waals surface area contributed by atoms with Crippen LogP contribution < -0.4 is 14.5 Å². The topological polar surface area (TPSA) is 51.1 Å². The first-order valence-electron chi connectivity index (χ1n) is 12.1. The van der Waals surface area contributed by atoms with E-state index in [0.29, 0.717) is 44.7 Å². The first kappa shape index (κ1) is 30.1. The summed E-state index contributed by atoms with van der Waals surface area (Å²) in [5, 5.41) is 4.80. The van der Waals surface area contributed by atoms with Crippen molar-refractivity contribution in [3.63, 3.8) is 0 Å². The lowest BCUT2D eigenvalue weighted by atomic mass is 10.0. The maximum atomic E-state index is 14.4. The Morgan fingerprint density at radius 3 is 2.22 bits per heavy atom. The number of carbonyl (C=O) groups excluding carboxylic acids is 1. The number of hydrazone groups is 1. The van der Waals surface area contributed by atoms with Gasteiger partial charge in [0.1, 0.15) is 12.3 Å². The maximum Gasteiger partial charge on any atom is 0.280 e. The number of carbonyl (C=O) groups is 1. The van der Waals surface area contributed by atoms with Gasteiger partial charge in [-0.2, -0.15) is 10.1 Å². The number of halogens is 7. The van der Waals surface area contributed by atoms with Crippen LogP contribution in [-0.2, 0) is 17.8 Å². The van der Waals surface area contributed by atoms with Crippen LogP contribution in [0.2, 0.25) is 10.0 Å². The highest BCUT2D eigenvalue weighted by Crippen LogP contribution is 2.38. The molecule has 3 aromatic rings. The number of nitrogens with zero attached hydrogens (tertiary/aromatic N) is 2. The molecule has 0 saturated heterocycles. The van der Waals surface area contributed by atoms with E-state index in [0.717, 1.165) is 0 Å². The summed E-state index contributed by atoms with van der Waals surface area (Å²) in [5.74, 6) is -11.5. The van der Waals surface area contributed by atoms with E-state index < -0.39 is 40.7 Å². The lowest BCUT2D eigenvalue weighted by molar-refractivity contribution is -0.114. The van der Waals surface area contributed by atoms with E-state index in [2.05, 4.69) is 11.7 Å². The van der Waals surface area contributed by atoms with Gasteiger partial charge in [0.15, 0.2) is 34.8 Å². The van der Waals surface area contributed by atoms with Crippen LogP contribution in [-0.4, -0.2) is 18.2 Å². The Hall–Kier alpha value is -3.89. The monoisotopic (exact) mass is 610 g/mol. The Morgan fingerprint density at radius 2 is 1.61 bits per heavy atom. The average molecular weight is 611 g/mol. The van der Waals surface area contributed by atoms with Crippen molar-refractivity contribution in [1.29, 1.82) is 0 Å². The van der Waals surface area contributed by atoms with Gasteiger partial charge in [-0.25, -0.2) is 22.0 Å². The Balaban J connectivity index is 1.73. The lowest BCUT2D eigenvalue weighted by Crippen LogP contribution is -2.25. The zero-order valence-corrected chi connectivity index (χ0v) is 23.1. The molecule has 0 saturated carbocycles. The molecule has 3 aromatic carbocycles. The van der Waals surface area contributed by atoms with E-state index in [1.54, 1.807) is 43.3 Å². The summed E-state index contributed by atoms with van der Waals surface area (Å²) < 4.78 is 81.8. The molecule has 5 nitrogen and oxygen atoms in total. The van der Waals surface area contributed by atoms with Crippen LogP contribution in [0.1, 0.15) is 30.5 Å². The molecule has 41 heavy (non-hydrogen) atoms. The third-order valence-corrected chi connectivity index (χ3v) is 6.56. The highest BCUT2D eigenvalue weighted by atomic mass is 35.5.